The Hall–Kier alpha value is -0.570. The number of halogens is 1. The molecule has 1 saturated heterocycles. The third-order valence-corrected chi connectivity index (χ3v) is 4.16. The second-order valence-electron chi connectivity index (χ2n) is 6.49. The van der Waals surface area contributed by atoms with Crippen LogP contribution in [0.4, 0.5) is 0 Å². The number of carbonyl (C=O) groups is 1. The fourth-order valence-corrected chi connectivity index (χ4v) is 2.63. The number of rotatable bonds is 8. The summed E-state index contributed by atoms with van der Waals surface area (Å²) in [6.45, 7) is 8.98. The molecule has 6 nitrogen and oxygen atoms in total. The van der Waals surface area contributed by atoms with E-state index in [2.05, 4.69) is 34.4 Å². The Morgan fingerprint density at radius 1 is 1.21 bits per heavy atom. The second kappa shape index (κ2) is 13.7. The average Bonchev–Trinajstić information content (AvgIpc) is 2.54. The van der Waals surface area contributed by atoms with E-state index in [0.29, 0.717) is 6.04 Å². The van der Waals surface area contributed by atoms with Gasteiger partial charge >= 0.3 is 0 Å². The zero-order chi connectivity index (χ0) is 17.1. The van der Waals surface area contributed by atoms with Gasteiger partial charge < -0.3 is 20.4 Å². The summed E-state index contributed by atoms with van der Waals surface area (Å²) in [6.07, 6.45) is 5.74. The van der Waals surface area contributed by atoms with Gasteiger partial charge in [0.1, 0.15) is 6.54 Å². The standard InChI is InChI=1S/C17H35N5O.HI/c1-5-7-10-18-17(19-14-16(23)21(3)4)20-15-8-12-22(11-6-2)13-9-15;/h15H,5-14H2,1-4H3,(H2,18,19,20);1H. The van der Waals surface area contributed by atoms with E-state index in [4.69, 9.17) is 0 Å². The molecule has 0 aromatic heterocycles. The number of piperidine rings is 1. The molecular weight excluding hydrogens is 417 g/mol. The molecule has 7 heteroatoms. The number of guanidine groups is 1. The number of likely N-dealkylation sites (tertiary alicyclic amines) is 1. The lowest BCUT2D eigenvalue weighted by Crippen LogP contribution is -2.49. The van der Waals surface area contributed by atoms with Gasteiger partial charge in [-0.1, -0.05) is 20.3 Å². The molecule has 0 unspecified atom stereocenters. The molecule has 0 aliphatic carbocycles. The summed E-state index contributed by atoms with van der Waals surface area (Å²) < 4.78 is 0. The Kier molecular flexibility index (Phi) is 13.4. The Labute approximate surface area is 164 Å². The van der Waals surface area contributed by atoms with Crippen molar-refractivity contribution in [2.24, 2.45) is 4.99 Å². The van der Waals surface area contributed by atoms with Gasteiger partial charge in [0.05, 0.1) is 0 Å². The Morgan fingerprint density at radius 2 is 1.88 bits per heavy atom. The highest BCUT2D eigenvalue weighted by atomic mass is 127. The van der Waals surface area contributed by atoms with Gasteiger partial charge in [0.15, 0.2) is 5.96 Å². The number of aliphatic imine (C=N–C) groups is 1. The number of carbonyl (C=O) groups excluding carboxylic acids is 1. The van der Waals surface area contributed by atoms with Crippen molar-refractivity contribution in [2.45, 2.75) is 52.0 Å². The number of nitrogens with one attached hydrogen (secondary N) is 2. The van der Waals surface area contributed by atoms with Crippen LogP contribution >= 0.6 is 24.0 Å². The number of unbranched alkanes of at least 4 members (excludes halogenated alkanes) is 1. The van der Waals surface area contributed by atoms with E-state index >= 15 is 0 Å². The van der Waals surface area contributed by atoms with Gasteiger partial charge in [0.25, 0.3) is 0 Å². The van der Waals surface area contributed by atoms with E-state index in [9.17, 15) is 4.79 Å². The minimum absolute atomic E-state index is 0. The van der Waals surface area contributed by atoms with E-state index in [-0.39, 0.29) is 36.4 Å². The lowest BCUT2D eigenvalue weighted by molar-refractivity contribution is -0.127. The fourth-order valence-electron chi connectivity index (χ4n) is 2.63. The maximum atomic E-state index is 11.7. The van der Waals surface area contributed by atoms with Gasteiger partial charge in [-0.25, -0.2) is 4.99 Å². The molecule has 2 N–H and O–H groups in total. The minimum atomic E-state index is 0. The minimum Gasteiger partial charge on any atom is -0.356 e. The summed E-state index contributed by atoms with van der Waals surface area (Å²) in [5.41, 5.74) is 0. The number of hydrogen-bond donors (Lipinski definition) is 2. The van der Waals surface area contributed by atoms with Crippen LogP contribution in [0.5, 0.6) is 0 Å². The highest BCUT2D eigenvalue weighted by Gasteiger charge is 2.19. The number of amides is 1. The molecule has 1 amide bonds. The van der Waals surface area contributed by atoms with Crippen LogP contribution in [0.25, 0.3) is 0 Å². The van der Waals surface area contributed by atoms with Crippen LogP contribution in [0.15, 0.2) is 4.99 Å². The van der Waals surface area contributed by atoms with Crippen molar-refractivity contribution in [1.82, 2.24) is 20.4 Å². The molecule has 142 valence electrons. The van der Waals surface area contributed by atoms with Crippen molar-refractivity contribution in [3.8, 4) is 0 Å². The Balaban J connectivity index is 0.00000529. The van der Waals surface area contributed by atoms with E-state index in [1.807, 2.05) is 0 Å². The third kappa shape index (κ3) is 9.66. The van der Waals surface area contributed by atoms with Gasteiger partial charge in [-0.3, -0.25) is 4.79 Å². The summed E-state index contributed by atoms with van der Waals surface area (Å²) >= 11 is 0. The van der Waals surface area contributed by atoms with E-state index < -0.39 is 0 Å². The molecular formula is C17H36IN5O. The molecule has 1 aliphatic heterocycles. The van der Waals surface area contributed by atoms with Crippen LogP contribution < -0.4 is 10.6 Å². The first-order valence-electron chi connectivity index (χ1n) is 9.04. The summed E-state index contributed by atoms with van der Waals surface area (Å²) in [5.74, 6) is 0.807. The smallest absolute Gasteiger partial charge is 0.243 e. The van der Waals surface area contributed by atoms with Crippen LogP contribution in [0.2, 0.25) is 0 Å². The van der Waals surface area contributed by atoms with Crippen LogP contribution in [0.1, 0.15) is 46.0 Å². The summed E-state index contributed by atoms with van der Waals surface area (Å²) in [5, 5.41) is 6.87. The SMILES string of the molecule is CCCCNC(=NCC(=O)N(C)C)NC1CCN(CCC)CC1.I. The number of hydrogen-bond acceptors (Lipinski definition) is 3. The quantitative estimate of drug-likeness (QED) is 0.255. The zero-order valence-electron chi connectivity index (χ0n) is 15.8. The largest absolute Gasteiger partial charge is 0.356 e. The van der Waals surface area contributed by atoms with Crippen molar-refractivity contribution in [2.75, 3.05) is 46.8 Å². The molecule has 1 aliphatic rings. The lowest BCUT2D eigenvalue weighted by Gasteiger charge is -2.32. The number of likely N-dealkylation sites (N-methyl/N-ethyl adjacent to an activating group) is 1. The van der Waals surface area contributed by atoms with Gasteiger partial charge in [-0.05, 0) is 32.2 Å². The van der Waals surface area contributed by atoms with Crippen molar-refractivity contribution in [1.29, 1.82) is 0 Å². The molecule has 24 heavy (non-hydrogen) atoms. The highest BCUT2D eigenvalue weighted by Crippen LogP contribution is 2.10. The van der Waals surface area contributed by atoms with E-state index in [1.54, 1.807) is 19.0 Å². The Bertz CT molecular complexity index is 368. The third-order valence-electron chi connectivity index (χ3n) is 4.16. The fraction of sp³-hybridized carbons (Fsp3) is 0.882. The first kappa shape index (κ1) is 23.4. The molecule has 0 atom stereocenters. The zero-order valence-corrected chi connectivity index (χ0v) is 18.1. The topological polar surface area (TPSA) is 60.0 Å². The predicted molar refractivity (Wildman–Crippen MR) is 112 cm³/mol. The van der Waals surface area contributed by atoms with Gasteiger partial charge in [0.2, 0.25) is 5.91 Å². The van der Waals surface area contributed by atoms with Crippen molar-refractivity contribution >= 4 is 35.8 Å². The molecule has 1 heterocycles. The van der Waals surface area contributed by atoms with Crippen LogP contribution in [0.3, 0.4) is 0 Å². The second-order valence-corrected chi connectivity index (χ2v) is 6.49. The molecule has 0 spiro atoms. The van der Waals surface area contributed by atoms with Crippen LogP contribution in [0, 0.1) is 0 Å². The summed E-state index contributed by atoms with van der Waals surface area (Å²) in [6, 6.07) is 0.449. The maximum Gasteiger partial charge on any atom is 0.243 e. The first-order chi connectivity index (χ1) is 11.1. The molecule has 1 fully saturated rings. The predicted octanol–water partition coefficient (Wildman–Crippen LogP) is 1.90. The van der Waals surface area contributed by atoms with Crippen LogP contribution in [-0.4, -0.2) is 74.5 Å². The maximum absolute atomic E-state index is 11.7. The summed E-state index contributed by atoms with van der Waals surface area (Å²) in [7, 11) is 3.53. The molecule has 0 aromatic rings. The van der Waals surface area contributed by atoms with Crippen molar-refractivity contribution in [3.05, 3.63) is 0 Å². The Morgan fingerprint density at radius 3 is 2.42 bits per heavy atom. The molecule has 0 bridgehead atoms. The van der Waals surface area contributed by atoms with E-state index in [0.717, 1.165) is 51.3 Å². The lowest BCUT2D eigenvalue weighted by atomic mass is 10.1. The molecule has 0 aromatic carbocycles. The first-order valence-corrected chi connectivity index (χ1v) is 9.04. The highest BCUT2D eigenvalue weighted by molar-refractivity contribution is 14.0. The normalized spacial score (nSPS) is 16.4. The van der Waals surface area contributed by atoms with Crippen molar-refractivity contribution < 1.29 is 4.79 Å². The molecule has 1 rings (SSSR count). The average molecular weight is 453 g/mol. The monoisotopic (exact) mass is 453 g/mol. The van der Waals surface area contributed by atoms with E-state index in [1.165, 1.54) is 13.0 Å². The summed E-state index contributed by atoms with van der Waals surface area (Å²) in [4.78, 5) is 20.3. The van der Waals surface area contributed by atoms with Crippen molar-refractivity contribution in [3.63, 3.8) is 0 Å². The van der Waals surface area contributed by atoms with Gasteiger partial charge in [0, 0.05) is 39.8 Å². The number of nitrogens with zero attached hydrogens (tertiary/aromatic N) is 3. The van der Waals surface area contributed by atoms with Gasteiger partial charge in [-0.15, -0.1) is 24.0 Å². The van der Waals surface area contributed by atoms with Crippen LogP contribution in [-0.2, 0) is 4.79 Å². The molecule has 0 saturated carbocycles. The molecule has 0 radical (unpaired) electrons. The van der Waals surface area contributed by atoms with Gasteiger partial charge in [-0.2, -0.15) is 0 Å².